The van der Waals surface area contributed by atoms with Crippen molar-refractivity contribution in [2.45, 2.75) is 44.8 Å². The zero-order chi connectivity index (χ0) is 9.90. The number of hydrogen-bond donors (Lipinski definition) is 2. The highest BCUT2D eigenvalue weighted by Gasteiger charge is 2.46. The van der Waals surface area contributed by atoms with E-state index < -0.39 is 0 Å². The van der Waals surface area contributed by atoms with E-state index in [9.17, 15) is 0 Å². The monoisotopic (exact) mass is 188 g/mol. The van der Waals surface area contributed by atoms with Crippen molar-refractivity contribution >= 4 is 0 Å². The summed E-state index contributed by atoms with van der Waals surface area (Å²) >= 11 is 0. The molecule has 2 atom stereocenters. The second-order valence-corrected chi connectivity index (χ2v) is 4.35. The van der Waals surface area contributed by atoms with Gasteiger partial charge in [-0.1, -0.05) is 0 Å². The fraction of sp³-hybridized carbons (Fsp3) is 1.00. The normalized spacial score (nSPS) is 27.2. The first-order valence-corrected chi connectivity index (χ1v) is 4.99. The molecule has 1 rings (SSSR count). The molecule has 3 nitrogen and oxygen atoms in total. The first-order valence-electron chi connectivity index (χ1n) is 4.99. The summed E-state index contributed by atoms with van der Waals surface area (Å²) in [5, 5.41) is 17.7. The Balaban J connectivity index is 2.10. The van der Waals surface area contributed by atoms with Gasteiger partial charge in [0, 0.05) is 13.2 Å². The van der Waals surface area contributed by atoms with Crippen molar-refractivity contribution < 1.29 is 14.9 Å². The molecule has 1 fully saturated rings. The van der Waals surface area contributed by atoms with E-state index in [0.29, 0.717) is 12.5 Å². The van der Waals surface area contributed by atoms with E-state index in [4.69, 9.17) is 14.9 Å². The number of hydrogen-bond acceptors (Lipinski definition) is 3. The van der Waals surface area contributed by atoms with E-state index in [1.807, 2.05) is 0 Å². The highest BCUT2D eigenvalue weighted by Crippen LogP contribution is 2.39. The topological polar surface area (TPSA) is 53.0 Å². The Kier molecular flexibility index (Phi) is 3.71. The van der Waals surface area contributed by atoms with Crippen LogP contribution < -0.4 is 0 Å². The molecule has 13 heavy (non-hydrogen) atoms. The molecule has 1 heterocycles. The molecule has 0 aliphatic carbocycles. The quantitative estimate of drug-likeness (QED) is 0.610. The van der Waals surface area contributed by atoms with Crippen molar-refractivity contribution in [3.05, 3.63) is 0 Å². The summed E-state index contributed by atoms with van der Waals surface area (Å²) in [6.07, 6.45) is 3.01. The number of ether oxygens (including phenoxy) is 1. The summed E-state index contributed by atoms with van der Waals surface area (Å²) in [5.41, 5.74) is 0.0548. The van der Waals surface area contributed by atoms with E-state index >= 15 is 0 Å². The lowest BCUT2D eigenvalue weighted by atomic mass is 9.97. The average molecular weight is 188 g/mol. The Labute approximate surface area is 79.7 Å². The third-order valence-corrected chi connectivity index (χ3v) is 2.80. The van der Waals surface area contributed by atoms with Crippen LogP contribution in [0.5, 0.6) is 0 Å². The number of aliphatic hydroxyl groups is 2. The van der Waals surface area contributed by atoms with Gasteiger partial charge >= 0.3 is 0 Å². The lowest BCUT2D eigenvalue weighted by Crippen LogP contribution is -2.11. The van der Waals surface area contributed by atoms with Crippen LogP contribution in [0.4, 0.5) is 0 Å². The van der Waals surface area contributed by atoms with Gasteiger partial charge in [0.05, 0.1) is 11.7 Å². The highest BCUT2D eigenvalue weighted by molar-refractivity contribution is 4.94. The van der Waals surface area contributed by atoms with Crippen molar-refractivity contribution in [3.8, 4) is 0 Å². The molecule has 1 saturated heterocycles. The van der Waals surface area contributed by atoms with Gasteiger partial charge in [0.2, 0.25) is 0 Å². The lowest BCUT2D eigenvalue weighted by Gasteiger charge is -2.11. The molecule has 3 heteroatoms. The molecule has 1 aliphatic rings. The number of epoxide rings is 1. The predicted molar refractivity (Wildman–Crippen MR) is 50.5 cm³/mol. The third kappa shape index (κ3) is 3.25. The van der Waals surface area contributed by atoms with Crippen LogP contribution in [0, 0.1) is 5.92 Å². The van der Waals surface area contributed by atoms with E-state index in [-0.39, 0.29) is 24.7 Å². The van der Waals surface area contributed by atoms with Crippen LogP contribution in [0.25, 0.3) is 0 Å². The Bertz CT molecular complexity index is 156. The minimum absolute atomic E-state index is 0.0548. The molecular weight excluding hydrogens is 168 g/mol. The van der Waals surface area contributed by atoms with Crippen molar-refractivity contribution in [2.24, 2.45) is 5.92 Å². The highest BCUT2D eigenvalue weighted by atomic mass is 16.6. The minimum atomic E-state index is 0.0548. The van der Waals surface area contributed by atoms with Crippen LogP contribution in [0.3, 0.4) is 0 Å². The van der Waals surface area contributed by atoms with Crippen molar-refractivity contribution in [2.75, 3.05) is 13.2 Å². The van der Waals surface area contributed by atoms with Gasteiger partial charge in [-0.25, -0.2) is 0 Å². The maximum atomic E-state index is 8.97. The molecule has 0 aromatic heterocycles. The summed E-state index contributed by atoms with van der Waals surface area (Å²) in [5.74, 6) is 0.241. The zero-order valence-corrected chi connectivity index (χ0v) is 8.49. The van der Waals surface area contributed by atoms with Crippen molar-refractivity contribution in [1.29, 1.82) is 0 Å². The molecule has 2 N–H and O–H groups in total. The molecule has 0 spiro atoms. The Morgan fingerprint density at radius 1 is 1.31 bits per heavy atom. The fourth-order valence-corrected chi connectivity index (χ4v) is 1.64. The summed E-state index contributed by atoms with van der Waals surface area (Å²) in [7, 11) is 0. The van der Waals surface area contributed by atoms with Gasteiger partial charge in [0.15, 0.2) is 0 Å². The summed E-state index contributed by atoms with van der Waals surface area (Å²) in [6, 6.07) is 0. The standard InChI is InChI=1S/C10H20O3/c1-10(2)9(13-10)4-3-8(7-12)5-6-11/h8-9,11-12H,3-7H2,1-2H3. The Hall–Kier alpha value is -0.120. The molecule has 0 bridgehead atoms. The molecular formula is C10H20O3. The molecule has 0 aromatic carbocycles. The smallest absolute Gasteiger partial charge is 0.0892 e. The van der Waals surface area contributed by atoms with Crippen LogP contribution >= 0.6 is 0 Å². The first-order chi connectivity index (χ1) is 6.10. The minimum Gasteiger partial charge on any atom is -0.396 e. The van der Waals surface area contributed by atoms with Crippen LogP contribution in [-0.4, -0.2) is 35.1 Å². The lowest BCUT2D eigenvalue weighted by molar-refractivity contribution is 0.172. The molecule has 2 unspecified atom stereocenters. The van der Waals surface area contributed by atoms with E-state index in [2.05, 4.69) is 13.8 Å². The third-order valence-electron chi connectivity index (χ3n) is 2.80. The molecule has 0 amide bonds. The molecule has 1 aliphatic heterocycles. The zero-order valence-electron chi connectivity index (χ0n) is 8.49. The summed E-state index contributed by atoms with van der Waals surface area (Å²) < 4.78 is 5.43. The molecule has 0 radical (unpaired) electrons. The second-order valence-electron chi connectivity index (χ2n) is 4.35. The Morgan fingerprint density at radius 2 is 1.92 bits per heavy atom. The van der Waals surface area contributed by atoms with Crippen LogP contribution in [0.1, 0.15) is 33.1 Å². The Morgan fingerprint density at radius 3 is 2.31 bits per heavy atom. The molecule has 0 saturated carbocycles. The van der Waals surface area contributed by atoms with Gasteiger partial charge in [-0.05, 0) is 39.0 Å². The van der Waals surface area contributed by atoms with Gasteiger partial charge in [-0.2, -0.15) is 0 Å². The average Bonchev–Trinajstić information content (AvgIpc) is 2.68. The van der Waals surface area contributed by atoms with Gasteiger partial charge in [0.25, 0.3) is 0 Å². The van der Waals surface area contributed by atoms with E-state index in [0.717, 1.165) is 12.8 Å². The maximum absolute atomic E-state index is 8.97. The molecule has 0 aromatic rings. The van der Waals surface area contributed by atoms with Gasteiger partial charge in [-0.3, -0.25) is 0 Å². The molecule has 78 valence electrons. The van der Waals surface area contributed by atoms with Crippen LogP contribution in [0.2, 0.25) is 0 Å². The maximum Gasteiger partial charge on any atom is 0.0892 e. The van der Waals surface area contributed by atoms with Crippen molar-refractivity contribution in [3.63, 3.8) is 0 Å². The second kappa shape index (κ2) is 4.40. The van der Waals surface area contributed by atoms with Gasteiger partial charge in [-0.15, -0.1) is 0 Å². The first kappa shape index (κ1) is 11.0. The fourth-order valence-electron chi connectivity index (χ4n) is 1.64. The van der Waals surface area contributed by atoms with Gasteiger partial charge < -0.3 is 14.9 Å². The number of aliphatic hydroxyl groups excluding tert-OH is 2. The number of rotatable bonds is 6. The predicted octanol–water partition coefficient (Wildman–Crippen LogP) is 0.935. The van der Waals surface area contributed by atoms with Gasteiger partial charge in [0.1, 0.15) is 0 Å². The van der Waals surface area contributed by atoms with Crippen LogP contribution in [-0.2, 0) is 4.74 Å². The SMILES string of the molecule is CC1(C)OC1CCC(CO)CCO. The summed E-state index contributed by atoms with van der Waals surface area (Å²) in [4.78, 5) is 0. The largest absolute Gasteiger partial charge is 0.396 e. The van der Waals surface area contributed by atoms with E-state index in [1.165, 1.54) is 0 Å². The van der Waals surface area contributed by atoms with E-state index in [1.54, 1.807) is 0 Å². The van der Waals surface area contributed by atoms with Crippen molar-refractivity contribution in [1.82, 2.24) is 0 Å². The summed E-state index contributed by atoms with van der Waals surface area (Å²) in [6.45, 7) is 4.50. The van der Waals surface area contributed by atoms with Crippen LogP contribution in [0.15, 0.2) is 0 Å².